The van der Waals surface area contributed by atoms with E-state index in [1.54, 1.807) is 12.1 Å². The van der Waals surface area contributed by atoms with Gasteiger partial charge in [0.25, 0.3) is 0 Å². The van der Waals surface area contributed by atoms with E-state index in [-0.39, 0.29) is 35.5 Å². The molecule has 0 amide bonds. The second-order valence-electron chi connectivity index (χ2n) is 10.9. The molecule has 7 rings (SSSR count). The summed E-state index contributed by atoms with van der Waals surface area (Å²) in [6.45, 7) is -1.38. The highest BCUT2D eigenvalue weighted by Gasteiger charge is 2.47. The number of methoxy groups -OCH3 is 1. The Balaban J connectivity index is 1.16. The summed E-state index contributed by atoms with van der Waals surface area (Å²) in [5.74, 6) is 2.21. The van der Waals surface area contributed by atoms with Crippen LogP contribution < -0.4 is 9.64 Å². The summed E-state index contributed by atoms with van der Waals surface area (Å²) < 4.78 is 38.2. The first-order valence-corrected chi connectivity index (χ1v) is 13.7. The number of nitrogens with zero attached hydrogens (tertiary/aromatic N) is 5. The molecule has 2 aliphatic heterocycles. The molecule has 0 unspecified atom stereocenters. The number of anilines is 1. The molecule has 2 fully saturated rings. The zero-order valence-electron chi connectivity index (χ0n) is 22.0. The van der Waals surface area contributed by atoms with E-state index in [1.807, 2.05) is 36.7 Å². The number of esters is 1. The molecule has 0 spiro atoms. The maximum absolute atomic E-state index is 13.1. The van der Waals surface area contributed by atoms with Gasteiger partial charge in [-0.3, -0.25) is 4.79 Å². The van der Waals surface area contributed by atoms with Crippen molar-refractivity contribution in [1.29, 1.82) is 0 Å². The molecule has 10 heteroatoms. The van der Waals surface area contributed by atoms with Crippen LogP contribution in [-0.4, -0.2) is 52.3 Å². The number of piperidine rings is 1. The average molecular weight is 546 g/mol. The smallest absolute Gasteiger partial charge is 0.387 e. The van der Waals surface area contributed by atoms with Gasteiger partial charge in [-0.25, -0.2) is 15.0 Å². The van der Waals surface area contributed by atoms with Crippen molar-refractivity contribution in [3.63, 3.8) is 0 Å². The van der Waals surface area contributed by atoms with Gasteiger partial charge < -0.3 is 18.9 Å². The van der Waals surface area contributed by atoms with Crippen LogP contribution in [0.25, 0.3) is 22.2 Å². The Morgan fingerprint density at radius 2 is 1.75 bits per heavy atom. The Labute approximate surface area is 230 Å². The standard InChI is InChI=1S/C30H29F2N5O3/c1-39-28(38)27-18-6-7-19(27)16-36(15-18)30-33-13-20(14-34-30)17-8-9-22-24(12-17)37-23(10-11-26(37)35-22)21-4-2-3-5-25(21)40-29(31)32/h2-5,8-9,12-14,18-19,23,27,29H,6-7,10-11,15-16H2,1H3/t18-,19+,23-,27-/m1/s1. The first kappa shape index (κ1) is 24.9. The van der Waals surface area contributed by atoms with E-state index in [9.17, 15) is 13.6 Å². The van der Waals surface area contributed by atoms with Crippen LogP contribution in [0.3, 0.4) is 0 Å². The van der Waals surface area contributed by atoms with Gasteiger partial charge in [0.1, 0.15) is 11.6 Å². The number of rotatable bonds is 6. The lowest BCUT2D eigenvalue weighted by Crippen LogP contribution is -2.45. The van der Waals surface area contributed by atoms with E-state index in [4.69, 9.17) is 24.4 Å². The number of benzene rings is 2. The van der Waals surface area contributed by atoms with Crippen LogP contribution in [0.4, 0.5) is 14.7 Å². The summed E-state index contributed by atoms with van der Waals surface area (Å²) in [6.07, 6.45) is 7.23. The largest absolute Gasteiger partial charge is 0.469 e. The van der Waals surface area contributed by atoms with Crippen LogP contribution in [0.2, 0.25) is 0 Å². The van der Waals surface area contributed by atoms with Crippen molar-refractivity contribution in [2.45, 2.75) is 38.3 Å². The molecule has 8 nitrogen and oxygen atoms in total. The molecule has 1 aliphatic carbocycles. The van der Waals surface area contributed by atoms with Crippen LogP contribution in [0.5, 0.6) is 5.75 Å². The number of carbonyl (C=O) groups excluding carboxylic acids is 1. The minimum absolute atomic E-state index is 0.0256. The normalized spacial score (nSPS) is 23.6. The van der Waals surface area contributed by atoms with Gasteiger partial charge in [-0.15, -0.1) is 0 Å². The maximum Gasteiger partial charge on any atom is 0.387 e. The maximum atomic E-state index is 13.1. The van der Waals surface area contributed by atoms with E-state index < -0.39 is 6.61 Å². The number of carbonyl (C=O) groups is 1. The molecule has 40 heavy (non-hydrogen) atoms. The molecule has 1 saturated heterocycles. The van der Waals surface area contributed by atoms with E-state index in [2.05, 4.69) is 15.5 Å². The Bertz CT molecular complexity index is 1560. The topological polar surface area (TPSA) is 82.4 Å². The van der Waals surface area contributed by atoms with E-state index in [1.165, 1.54) is 7.11 Å². The van der Waals surface area contributed by atoms with Crippen LogP contribution in [-0.2, 0) is 16.0 Å². The third-order valence-corrected chi connectivity index (χ3v) is 8.77. The number of fused-ring (bicyclic) bond motifs is 5. The van der Waals surface area contributed by atoms with Crippen LogP contribution in [0.1, 0.15) is 36.7 Å². The van der Waals surface area contributed by atoms with Crippen molar-refractivity contribution in [1.82, 2.24) is 19.5 Å². The minimum atomic E-state index is -2.88. The van der Waals surface area contributed by atoms with E-state index in [0.717, 1.165) is 72.3 Å². The number of imidazole rings is 1. The summed E-state index contributed by atoms with van der Waals surface area (Å²) >= 11 is 0. The van der Waals surface area contributed by atoms with Crippen LogP contribution in [0.15, 0.2) is 54.9 Å². The van der Waals surface area contributed by atoms with Crippen molar-refractivity contribution >= 4 is 23.0 Å². The molecule has 4 atom stereocenters. The number of hydrogen-bond donors (Lipinski definition) is 0. The minimum Gasteiger partial charge on any atom is -0.469 e. The van der Waals surface area contributed by atoms with Gasteiger partial charge in [0, 0.05) is 43.0 Å². The van der Waals surface area contributed by atoms with Crippen molar-refractivity contribution in [3.05, 3.63) is 66.2 Å². The molecular formula is C30H29F2N5O3. The summed E-state index contributed by atoms with van der Waals surface area (Å²) in [7, 11) is 1.46. The van der Waals surface area contributed by atoms with Gasteiger partial charge >= 0.3 is 12.6 Å². The van der Waals surface area contributed by atoms with Gasteiger partial charge in [0.05, 0.1) is 30.1 Å². The number of halogens is 2. The summed E-state index contributed by atoms with van der Waals surface area (Å²) in [5.41, 5.74) is 4.35. The second kappa shape index (κ2) is 9.83. The lowest BCUT2D eigenvalue weighted by atomic mass is 9.85. The zero-order chi connectivity index (χ0) is 27.4. The van der Waals surface area contributed by atoms with Crippen molar-refractivity contribution < 1.29 is 23.0 Å². The number of para-hydroxylation sites is 1. The van der Waals surface area contributed by atoms with E-state index in [0.29, 0.717) is 5.95 Å². The van der Waals surface area contributed by atoms with Crippen LogP contribution in [0, 0.1) is 17.8 Å². The molecule has 0 radical (unpaired) electrons. The molecule has 1 saturated carbocycles. The predicted octanol–water partition coefficient (Wildman–Crippen LogP) is 5.27. The molecule has 2 aromatic heterocycles. The third-order valence-electron chi connectivity index (χ3n) is 8.77. The quantitative estimate of drug-likeness (QED) is 0.306. The monoisotopic (exact) mass is 545 g/mol. The predicted molar refractivity (Wildman–Crippen MR) is 144 cm³/mol. The fraction of sp³-hybridized carbons (Fsp3) is 0.400. The highest BCUT2D eigenvalue weighted by molar-refractivity contribution is 5.83. The van der Waals surface area contributed by atoms with Gasteiger partial charge in [-0.1, -0.05) is 24.3 Å². The molecular weight excluding hydrogens is 516 g/mol. The zero-order valence-corrected chi connectivity index (χ0v) is 22.0. The van der Waals surface area contributed by atoms with Gasteiger partial charge in [-0.2, -0.15) is 8.78 Å². The van der Waals surface area contributed by atoms with Crippen molar-refractivity contribution in [2.24, 2.45) is 17.8 Å². The number of hydrogen-bond acceptors (Lipinski definition) is 7. The average Bonchev–Trinajstić information content (AvgIpc) is 3.62. The molecule has 4 aromatic rings. The Morgan fingerprint density at radius 3 is 2.48 bits per heavy atom. The summed E-state index contributed by atoms with van der Waals surface area (Å²) in [5, 5.41) is 0. The lowest BCUT2D eigenvalue weighted by Gasteiger charge is -2.36. The van der Waals surface area contributed by atoms with Gasteiger partial charge in [-0.05, 0) is 54.9 Å². The lowest BCUT2D eigenvalue weighted by molar-refractivity contribution is -0.148. The molecule has 3 aliphatic rings. The Morgan fingerprint density at radius 1 is 1.00 bits per heavy atom. The third kappa shape index (κ3) is 4.17. The number of aromatic nitrogens is 4. The SMILES string of the molecule is COC(=O)[C@@H]1[C@@H]2CC[C@H]1CN(c1ncc(-c3ccc4nc5n(c4c3)[C@@H](c3ccccc3OC(F)F)CC5)cn1)C2. The van der Waals surface area contributed by atoms with E-state index >= 15 is 0 Å². The number of alkyl halides is 2. The fourth-order valence-electron chi connectivity index (χ4n) is 7.04. The van der Waals surface area contributed by atoms with Crippen LogP contribution >= 0.6 is 0 Å². The molecule has 4 heterocycles. The summed E-state index contributed by atoms with van der Waals surface area (Å²) in [6, 6.07) is 12.9. The highest BCUT2D eigenvalue weighted by Crippen LogP contribution is 2.44. The highest BCUT2D eigenvalue weighted by atomic mass is 19.3. The Hall–Kier alpha value is -4.08. The van der Waals surface area contributed by atoms with Crippen molar-refractivity contribution in [2.75, 3.05) is 25.1 Å². The first-order valence-electron chi connectivity index (χ1n) is 13.7. The molecule has 206 valence electrons. The number of aryl methyl sites for hydroxylation is 1. The molecule has 2 bridgehead atoms. The molecule has 2 aromatic carbocycles. The van der Waals surface area contributed by atoms with Gasteiger partial charge in [0.2, 0.25) is 5.95 Å². The van der Waals surface area contributed by atoms with Crippen molar-refractivity contribution in [3.8, 4) is 16.9 Å². The molecule has 0 N–H and O–H groups in total. The first-order chi connectivity index (χ1) is 19.5. The Kier molecular flexibility index (Phi) is 6.13. The fourth-order valence-corrected chi connectivity index (χ4v) is 7.04. The summed E-state index contributed by atoms with van der Waals surface area (Å²) in [4.78, 5) is 28.7. The second-order valence-corrected chi connectivity index (χ2v) is 10.9. The number of ether oxygens (including phenoxy) is 2. The van der Waals surface area contributed by atoms with Gasteiger partial charge in [0.15, 0.2) is 0 Å².